The fraction of sp³-hybridized carbons (Fsp3) is 0.481. The molecule has 0 bridgehead atoms. The van der Waals surface area contributed by atoms with E-state index in [1.165, 1.54) is 5.56 Å². The minimum atomic E-state index is -0.426. The van der Waals surface area contributed by atoms with E-state index in [0.29, 0.717) is 17.2 Å². The maximum atomic E-state index is 12.0. The number of piperidine rings is 1. The number of ether oxygens (including phenoxy) is 2. The molecule has 0 aromatic heterocycles. The van der Waals surface area contributed by atoms with Gasteiger partial charge in [0, 0.05) is 18.1 Å². The Labute approximate surface area is 204 Å². The average molecular weight is 473 g/mol. The smallest absolute Gasteiger partial charge is 0.410 e. The maximum absolute atomic E-state index is 12.0. The number of rotatable bonds is 2. The van der Waals surface area contributed by atoms with Crippen LogP contribution < -0.4 is 4.74 Å². The molecule has 1 saturated heterocycles. The zero-order chi connectivity index (χ0) is 25.0. The molecule has 0 aliphatic carbocycles. The molecule has 1 aliphatic heterocycles. The Morgan fingerprint density at radius 1 is 1.09 bits per heavy atom. The molecule has 0 spiro atoms. The van der Waals surface area contributed by atoms with Gasteiger partial charge in [-0.15, -0.1) is 0 Å². The first-order valence-corrected chi connectivity index (χ1v) is 11.8. The number of amides is 1. The predicted octanol–water partition coefficient (Wildman–Crippen LogP) is 7.36. The molecule has 6 heteroatoms. The van der Waals surface area contributed by atoms with Crippen LogP contribution >= 0.6 is 11.6 Å². The Kier molecular flexibility index (Phi) is 11.8. The Balaban J connectivity index is 0.000000354. The van der Waals surface area contributed by atoms with Gasteiger partial charge in [0.15, 0.2) is 0 Å². The molecule has 180 valence electrons. The van der Waals surface area contributed by atoms with Gasteiger partial charge in [0.25, 0.3) is 0 Å². The first kappa shape index (κ1) is 28.3. The van der Waals surface area contributed by atoms with E-state index in [-0.39, 0.29) is 6.09 Å². The van der Waals surface area contributed by atoms with Gasteiger partial charge in [-0.1, -0.05) is 43.6 Å². The molecule has 0 N–H and O–H groups in total. The fourth-order valence-corrected chi connectivity index (χ4v) is 3.49. The minimum absolute atomic E-state index is 0.202. The van der Waals surface area contributed by atoms with E-state index in [1.54, 1.807) is 24.1 Å². The number of hydrogen-bond acceptors (Lipinski definition) is 4. The van der Waals surface area contributed by atoms with Crippen LogP contribution in [0.2, 0.25) is 5.02 Å². The molecule has 1 heterocycles. The number of halogens is 1. The third-order valence-corrected chi connectivity index (χ3v) is 5.22. The van der Waals surface area contributed by atoms with E-state index < -0.39 is 5.60 Å². The molecule has 0 saturated carbocycles. The normalized spacial score (nSPS) is 13.5. The van der Waals surface area contributed by atoms with Crippen LogP contribution in [-0.4, -0.2) is 36.8 Å². The van der Waals surface area contributed by atoms with Gasteiger partial charge in [0.05, 0.1) is 12.7 Å². The molecule has 0 unspecified atom stereocenters. The van der Waals surface area contributed by atoms with Crippen LogP contribution in [0.25, 0.3) is 0 Å². The Morgan fingerprint density at radius 3 is 2.15 bits per heavy atom. The number of nitrogens with zero attached hydrogens (tertiary/aromatic N) is 2. The molecule has 1 amide bonds. The summed E-state index contributed by atoms with van der Waals surface area (Å²) in [6.07, 6.45) is 1.74. The highest BCUT2D eigenvalue weighted by Gasteiger charge is 2.27. The number of likely N-dealkylation sites (tertiary alicyclic amines) is 1. The standard InChI is InChI=1S/C16H22ClNO2.C9H9NO.C2H6/c1-16(2,3)20-15(19)18-10-8-13(9-11-18)12-4-6-14(17)7-5-12;1-7-3-4-9(11-2)8(5-7)6-10;1-2/h4-7,13H,8-11H2,1-3H3;3-5H,1-2H3;1-2H3. The summed E-state index contributed by atoms with van der Waals surface area (Å²) < 4.78 is 10.4. The second kappa shape index (κ2) is 13.7. The second-order valence-corrected chi connectivity index (χ2v) is 9.05. The summed E-state index contributed by atoms with van der Waals surface area (Å²) in [5.74, 6) is 1.14. The van der Waals surface area contributed by atoms with Crippen LogP contribution in [0.5, 0.6) is 5.75 Å². The zero-order valence-corrected chi connectivity index (χ0v) is 21.7. The van der Waals surface area contributed by atoms with Gasteiger partial charge >= 0.3 is 6.09 Å². The quantitative estimate of drug-likeness (QED) is 0.458. The van der Waals surface area contributed by atoms with Gasteiger partial charge in [-0.05, 0) is 81.8 Å². The Morgan fingerprint density at radius 2 is 1.67 bits per heavy atom. The van der Waals surface area contributed by atoms with Gasteiger partial charge < -0.3 is 14.4 Å². The molecule has 0 atom stereocenters. The third-order valence-electron chi connectivity index (χ3n) is 4.96. The van der Waals surface area contributed by atoms with Crippen LogP contribution in [0.15, 0.2) is 42.5 Å². The van der Waals surface area contributed by atoms with Crippen LogP contribution in [0.3, 0.4) is 0 Å². The minimum Gasteiger partial charge on any atom is -0.495 e. The molecular weight excluding hydrogens is 436 g/mol. The number of benzene rings is 2. The van der Waals surface area contributed by atoms with E-state index in [9.17, 15) is 4.79 Å². The zero-order valence-electron chi connectivity index (χ0n) is 20.9. The van der Waals surface area contributed by atoms with Crippen molar-refractivity contribution in [2.75, 3.05) is 20.2 Å². The molecule has 3 rings (SSSR count). The summed E-state index contributed by atoms with van der Waals surface area (Å²) in [6, 6.07) is 15.6. The largest absolute Gasteiger partial charge is 0.495 e. The molecule has 0 radical (unpaired) electrons. The lowest BCUT2D eigenvalue weighted by molar-refractivity contribution is 0.0205. The molecule has 5 nitrogen and oxygen atoms in total. The Hall–Kier alpha value is -2.71. The lowest BCUT2D eigenvalue weighted by Gasteiger charge is -2.33. The van der Waals surface area contributed by atoms with Crippen molar-refractivity contribution in [2.24, 2.45) is 0 Å². The highest BCUT2D eigenvalue weighted by Crippen LogP contribution is 2.29. The van der Waals surface area contributed by atoms with Gasteiger partial charge in [-0.3, -0.25) is 0 Å². The van der Waals surface area contributed by atoms with Gasteiger partial charge in [-0.25, -0.2) is 4.79 Å². The van der Waals surface area contributed by atoms with E-state index in [2.05, 4.69) is 18.2 Å². The molecule has 33 heavy (non-hydrogen) atoms. The number of hydrogen-bond donors (Lipinski definition) is 0. The van der Waals surface area contributed by atoms with E-state index >= 15 is 0 Å². The summed E-state index contributed by atoms with van der Waals surface area (Å²) in [5.41, 5.74) is 2.54. The van der Waals surface area contributed by atoms with Crippen molar-refractivity contribution < 1.29 is 14.3 Å². The van der Waals surface area contributed by atoms with Gasteiger partial charge in [0.2, 0.25) is 0 Å². The summed E-state index contributed by atoms with van der Waals surface area (Å²) in [6.45, 7) is 13.1. The van der Waals surface area contributed by atoms with Crippen molar-refractivity contribution in [2.45, 2.75) is 65.9 Å². The summed E-state index contributed by atoms with van der Waals surface area (Å²) in [5, 5.41) is 9.41. The molecule has 1 aliphatic rings. The number of nitriles is 1. The monoisotopic (exact) mass is 472 g/mol. The topological polar surface area (TPSA) is 62.6 Å². The maximum Gasteiger partial charge on any atom is 0.410 e. The van der Waals surface area contributed by atoms with Crippen molar-refractivity contribution in [3.63, 3.8) is 0 Å². The van der Waals surface area contributed by atoms with E-state index in [1.807, 2.05) is 59.7 Å². The van der Waals surface area contributed by atoms with Crippen molar-refractivity contribution in [3.8, 4) is 11.8 Å². The van der Waals surface area contributed by atoms with Gasteiger partial charge in [-0.2, -0.15) is 5.26 Å². The van der Waals surface area contributed by atoms with Gasteiger partial charge in [0.1, 0.15) is 17.4 Å². The second-order valence-electron chi connectivity index (χ2n) is 8.61. The average Bonchev–Trinajstić information content (AvgIpc) is 2.80. The molecule has 2 aromatic carbocycles. The van der Waals surface area contributed by atoms with Crippen molar-refractivity contribution in [3.05, 3.63) is 64.2 Å². The summed E-state index contributed by atoms with van der Waals surface area (Å²) in [4.78, 5) is 13.8. The van der Waals surface area contributed by atoms with Crippen molar-refractivity contribution in [1.29, 1.82) is 5.26 Å². The lowest BCUT2D eigenvalue weighted by Crippen LogP contribution is -2.41. The van der Waals surface area contributed by atoms with Crippen LogP contribution in [0, 0.1) is 18.3 Å². The molecule has 2 aromatic rings. The summed E-state index contributed by atoms with van der Waals surface area (Å²) >= 11 is 5.91. The lowest BCUT2D eigenvalue weighted by atomic mass is 9.90. The first-order chi connectivity index (χ1) is 15.6. The number of carbonyl (C=O) groups excluding carboxylic acids is 1. The van der Waals surface area contributed by atoms with E-state index in [4.69, 9.17) is 26.3 Å². The highest BCUT2D eigenvalue weighted by atomic mass is 35.5. The Bertz CT molecular complexity index is 906. The fourth-order valence-electron chi connectivity index (χ4n) is 3.37. The third kappa shape index (κ3) is 9.75. The first-order valence-electron chi connectivity index (χ1n) is 11.4. The van der Waals surface area contributed by atoms with Crippen LogP contribution in [0.4, 0.5) is 4.79 Å². The predicted molar refractivity (Wildman–Crippen MR) is 135 cm³/mol. The number of aryl methyl sites for hydroxylation is 1. The van der Waals surface area contributed by atoms with Crippen molar-refractivity contribution >= 4 is 17.7 Å². The van der Waals surface area contributed by atoms with Crippen molar-refractivity contribution in [1.82, 2.24) is 4.90 Å². The number of methoxy groups -OCH3 is 1. The SMILES string of the molecule is CC.CC(C)(C)OC(=O)N1CCC(c2ccc(Cl)cc2)CC1.COc1ccc(C)cc1C#N. The number of carbonyl (C=O) groups is 1. The molecule has 1 fully saturated rings. The molecular formula is C27H37ClN2O3. The highest BCUT2D eigenvalue weighted by molar-refractivity contribution is 6.30. The van der Waals surface area contributed by atoms with E-state index in [0.717, 1.165) is 36.5 Å². The summed E-state index contributed by atoms with van der Waals surface area (Å²) in [7, 11) is 1.56. The van der Waals surface area contributed by atoms with Crippen LogP contribution in [0.1, 0.15) is 70.1 Å². The van der Waals surface area contributed by atoms with Crippen LogP contribution in [-0.2, 0) is 4.74 Å².